The van der Waals surface area contributed by atoms with Crippen LogP contribution in [0.4, 0.5) is 4.39 Å². The highest BCUT2D eigenvalue weighted by molar-refractivity contribution is 6.50. The van der Waals surface area contributed by atoms with Gasteiger partial charge in [0.05, 0.1) is 21.3 Å². The van der Waals surface area contributed by atoms with Crippen molar-refractivity contribution in [1.29, 1.82) is 0 Å². The molecule has 25 heavy (non-hydrogen) atoms. The van der Waals surface area contributed by atoms with Crippen LogP contribution in [0.25, 0.3) is 43.7 Å². The van der Waals surface area contributed by atoms with Gasteiger partial charge in [0.1, 0.15) is 21.4 Å². The minimum atomic E-state index is -0.349. The van der Waals surface area contributed by atoms with Gasteiger partial charge in [0, 0.05) is 16.3 Å². The number of hydrogen-bond donors (Lipinski definition) is 2. The number of aromatic nitrogens is 1. The van der Waals surface area contributed by atoms with Crippen molar-refractivity contribution < 1.29 is 13.9 Å². The van der Waals surface area contributed by atoms with Gasteiger partial charge in [-0.25, -0.2) is 4.39 Å². The summed E-state index contributed by atoms with van der Waals surface area (Å²) in [7, 11) is 0. The molecule has 2 N–H and O–H groups in total. The van der Waals surface area contributed by atoms with Crippen molar-refractivity contribution in [3.63, 3.8) is 0 Å². The summed E-state index contributed by atoms with van der Waals surface area (Å²) in [5.41, 5.74) is 2.30. The molecular formula is C18H7Cl3FNO2. The lowest BCUT2D eigenvalue weighted by Gasteiger charge is -2.03. The number of rotatable bonds is 0. The van der Waals surface area contributed by atoms with E-state index in [-0.39, 0.29) is 32.2 Å². The molecule has 7 heteroatoms. The molecular weight excluding hydrogens is 388 g/mol. The number of phenols is 1. The number of aromatic hydroxyl groups is 1. The van der Waals surface area contributed by atoms with Crippen molar-refractivity contribution in [3.8, 4) is 5.75 Å². The summed E-state index contributed by atoms with van der Waals surface area (Å²) < 4.78 is 19.7. The van der Waals surface area contributed by atoms with Gasteiger partial charge in [0.15, 0.2) is 11.3 Å². The molecule has 0 aliphatic heterocycles. The van der Waals surface area contributed by atoms with Gasteiger partial charge in [-0.3, -0.25) is 0 Å². The van der Waals surface area contributed by atoms with Crippen LogP contribution in [0.2, 0.25) is 15.1 Å². The van der Waals surface area contributed by atoms with Crippen LogP contribution < -0.4 is 0 Å². The monoisotopic (exact) mass is 393 g/mol. The maximum atomic E-state index is 13.7. The molecule has 3 nitrogen and oxygen atoms in total. The number of H-pyrrole nitrogens is 1. The van der Waals surface area contributed by atoms with E-state index in [4.69, 9.17) is 39.2 Å². The molecule has 124 valence electrons. The summed E-state index contributed by atoms with van der Waals surface area (Å²) in [5, 5.41) is 12.7. The first-order chi connectivity index (χ1) is 12.0. The minimum Gasteiger partial charge on any atom is -0.505 e. The number of fused-ring (bicyclic) bond motifs is 7. The van der Waals surface area contributed by atoms with Crippen molar-refractivity contribution in [2.24, 2.45) is 0 Å². The molecule has 0 saturated heterocycles. The van der Waals surface area contributed by atoms with Gasteiger partial charge in [-0.1, -0.05) is 34.8 Å². The van der Waals surface area contributed by atoms with Crippen molar-refractivity contribution in [2.75, 3.05) is 0 Å². The zero-order valence-corrected chi connectivity index (χ0v) is 14.5. The fourth-order valence-electron chi connectivity index (χ4n) is 3.30. The first-order valence-corrected chi connectivity index (χ1v) is 8.42. The molecule has 0 fully saturated rings. The summed E-state index contributed by atoms with van der Waals surface area (Å²) in [6.07, 6.45) is 0. The van der Waals surface area contributed by atoms with E-state index in [0.717, 1.165) is 11.0 Å². The molecule has 2 aromatic heterocycles. The van der Waals surface area contributed by atoms with Crippen molar-refractivity contribution >= 4 is 78.5 Å². The average Bonchev–Trinajstić information content (AvgIpc) is 3.15. The molecule has 3 aromatic carbocycles. The van der Waals surface area contributed by atoms with Crippen LogP contribution in [0.5, 0.6) is 5.75 Å². The van der Waals surface area contributed by atoms with E-state index in [0.29, 0.717) is 27.1 Å². The summed E-state index contributed by atoms with van der Waals surface area (Å²) in [6, 6.07) is 8.18. The van der Waals surface area contributed by atoms with Gasteiger partial charge in [-0.15, -0.1) is 0 Å². The lowest BCUT2D eigenvalue weighted by atomic mass is 10.1. The molecule has 2 heterocycles. The van der Waals surface area contributed by atoms with Crippen molar-refractivity contribution in [2.45, 2.75) is 0 Å². The quantitative estimate of drug-likeness (QED) is 0.277. The van der Waals surface area contributed by atoms with E-state index in [9.17, 15) is 9.50 Å². The Morgan fingerprint density at radius 3 is 2.40 bits per heavy atom. The van der Waals surface area contributed by atoms with E-state index in [1.807, 2.05) is 12.1 Å². The number of benzene rings is 3. The maximum Gasteiger partial charge on any atom is 0.159 e. The van der Waals surface area contributed by atoms with Crippen LogP contribution in [-0.2, 0) is 0 Å². The van der Waals surface area contributed by atoms with Crippen LogP contribution >= 0.6 is 34.8 Å². The molecule has 5 aromatic rings. The smallest absolute Gasteiger partial charge is 0.159 e. The number of aromatic amines is 1. The van der Waals surface area contributed by atoms with Crippen molar-refractivity contribution in [1.82, 2.24) is 4.98 Å². The number of hydrogen-bond acceptors (Lipinski definition) is 2. The molecule has 0 aliphatic rings. The third-order valence-corrected chi connectivity index (χ3v) is 5.60. The standard InChI is InChI=1S/C18H7Cl3FNO2/c19-13-12-7-2-4-10-11(8-5-6(22)1-3-9(8)23-10)17(7)25-18(12)15(21)16(24)14(13)20/h1-5,23-24H. The molecule has 0 saturated carbocycles. The lowest BCUT2D eigenvalue weighted by Crippen LogP contribution is -1.77. The highest BCUT2D eigenvalue weighted by atomic mass is 35.5. The Hall–Kier alpha value is -2.14. The minimum absolute atomic E-state index is 0.0141. The van der Waals surface area contributed by atoms with E-state index in [1.54, 1.807) is 6.07 Å². The van der Waals surface area contributed by atoms with E-state index < -0.39 is 0 Å². The normalized spacial score (nSPS) is 12.2. The Morgan fingerprint density at radius 2 is 1.60 bits per heavy atom. The molecule has 0 amide bonds. The van der Waals surface area contributed by atoms with Crippen LogP contribution in [0.1, 0.15) is 0 Å². The predicted molar refractivity (Wildman–Crippen MR) is 99.7 cm³/mol. The van der Waals surface area contributed by atoms with Crippen LogP contribution in [0.3, 0.4) is 0 Å². The summed E-state index contributed by atoms with van der Waals surface area (Å²) in [4.78, 5) is 3.23. The summed E-state index contributed by atoms with van der Waals surface area (Å²) in [6.45, 7) is 0. The SMILES string of the molecule is Oc1c(Cl)c(Cl)c2c(oc3c2ccc2[nH]c4ccc(F)cc4c23)c1Cl. The molecule has 0 unspecified atom stereocenters. The molecule has 0 aliphatic carbocycles. The van der Waals surface area contributed by atoms with Gasteiger partial charge < -0.3 is 14.5 Å². The zero-order valence-electron chi connectivity index (χ0n) is 12.3. The molecule has 0 spiro atoms. The lowest BCUT2D eigenvalue weighted by molar-refractivity contribution is 0.475. The maximum absolute atomic E-state index is 13.7. The zero-order chi connectivity index (χ0) is 17.5. The summed E-state index contributed by atoms with van der Waals surface area (Å²) in [5.74, 6) is -0.681. The second-order valence-corrected chi connectivity index (χ2v) is 6.91. The van der Waals surface area contributed by atoms with Gasteiger partial charge in [-0.2, -0.15) is 0 Å². The molecule has 0 bridgehead atoms. The largest absolute Gasteiger partial charge is 0.505 e. The van der Waals surface area contributed by atoms with Crippen LogP contribution in [0.15, 0.2) is 34.7 Å². The Labute approximate surface area is 154 Å². The number of nitrogens with one attached hydrogen (secondary N) is 1. The Morgan fingerprint density at radius 1 is 0.840 bits per heavy atom. The fourth-order valence-corrected chi connectivity index (χ4v) is 4.04. The number of phenolic OH excluding ortho intramolecular Hbond substituents is 1. The first kappa shape index (κ1) is 15.1. The third kappa shape index (κ3) is 1.87. The van der Waals surface area contributed by atoms with Gasteiger partial charge in [0.25, 0.3) is 0 Å². The molecule has 5 rings (SSSR count). The second-order valence-electron chi connectivity index (χ2n) is 5.78. The summed E-state index contributed by atoms with van der Waals surface area (Å²) >= 11 is 18.6. The van der Waals surface area contributed by atoms with Gasteiger partial charge in [-0.05, 0) is 30.3 Å². The second kappa shape index (κ2) is 4.94. The fraction of sp³-hybridized carbons (Fsp3) is 0. The van der Waals surface area contributed by atoms with E-state index >= 15 is 0 Å². The van der Waals surface area contributed by atoms with Gasteiger partial charge >= 0.3 is 0 Å². The third-order valence-electron chi connectivity index (χ3n) is 4.41. The highest BCUT2D eigenvalue weighted by Crippen LogP contribution is 2.49. The van der Waals surface area contributed by atoms with Crippen LogP contribution in [0, 0.1) is 5.82 Å². The Kier molecular flexibility index (Phi) is 2.99. The van der Waals surface area contributed by atoms with Gasteiger partial charge in [0.2, 0.25) is 0 Å². The molecule has 0 atom stereocenters. The topological polar surface area (TPSA) is 49.2 Å². The van der Waals surface area contributed by atoms with E-state index in [2.05, 4.69) is 4.98 Å². The Bertz CT molecular complexity index is 1350. The highest BCUT2D eigenvalue weighted by Gasteiger charge is 2.23. The number of furan rings is 1. The first-order valence-electron chi connectivity index (χ1n) is 7.29. The van der Waals surface area contributed by atoms with E-state index in [1.165, 1.54) is 12.1 Å². The average molecular weight is 395 g/mol. The molecule has 0 radical (unpaired) electrons. The number of halogens is 4. The Balaban J connectivity index is 2.10. The van der Waals surface area contributed by atoms with Crippen LogP contribution in [-0.4, -0.2) is 10.1 Å². The predicted octanol–water partition coefficient (Wildman–Crippen LogP) is 7.03. The van der Waals surface area contributed by atoms with Crippen molar-refractivity contribution in [3.05, 3.63) is 51.2 Å².